The Bertz CT molecular complexity index is 274. The maximum absolute atomic E-state index is 5.16. The van der Waals surface area contributed by atoms with Gasteiger partial charge in [-0.25, -0.2) is 4.98 Å². The molecule has 86 valence electrons. The minimum atomic E-state index is 0.170. The first kappa shape index (κ1) is 12.1. The summed E-state index contributed by atoms with van der Waals surface area (Å²) in [5.41, 5.74) is 0. The van der Waals surface area contributed by atoms with Gasteiger partial charge in [0.15, 0.2) is 5.82 Å². The molecule has 0 amide bonds. The highest BCUT2D eigenvalue weighted by molar-refractivity contribution is 4.80. The maximum Gasteiger partial charge on any atom is 0.164 e. The topological polar surface area (TPSA) is 52.0 Å². The van der Waals surface area contributed by atoms with Gasteiger partial charge in [-0.2, -0.15) is 5.10 Å². The standard InChI is InChI=1S/C10H20N4O/c1-4-5-11-6-10-12-8-14(13-10)7-9(2)15-3/h8-9,11H,4-7H2,1-3H3. The van der Waals surface area contributed by atoms with Crippen molar-refractivity contribution >= 4 is 0 Å². The Kier molecular flexibility index (Phi) is 5.28. The Hall–Kier alpha value is -0.940. The lowest BCUT2D eigenvalue weighted by atomic mass is 10.4. The zero-order valence-corrected chi connectivity index (χ0v) is 9.73. The van der Waals surface area contributed by atoms with E-state index in [4.69, 9.17) is 4.74 Å². The van der Waals surface area contributed by atoms with E-state index in [9.17, 15) is 0 Å². The van der Waals surface area contributed by atoms with Gasteiger partial charge < -0.3 is 10.1 Å². The van der Waals surface area contributed by atoms with Crippen LogP contribution < -0.4 is 5.32 Å². The third-order valence-corrected chi connectivity index (χ3v) is 2.14. The SMILES string of the molecule is CCCNCc1ncn(CC(C)OC)n1. The van der Waals surface area contributed by atoms with Crippen LogP contribution in [0.15, 0.2) is 6.33 Å². The third kappa shape index (κ3) is 4.40. The summed E-state index contributed by atoms with van der Waals surface area (Å²) in [6.07, 6.45) is 3.04. The number of ether oxygens (including phenoxy) is 1. The third-order valence-electron chi connectivity index (χ3n) is 2.14. The molecular weight excluding hydrogens is 192 g/mol. The van der Waals surface area contributed by atoms with Crippen LogP contribution in [0, 0.1) is 0 Å². The van der Waals surface area contributed by atoms with Crippen molar-refractivity contribution in [1.29, 1.82) is 0 Å². The lowest BCUT2D eigenvalue weighted by molar-refractivity contribution is 0.0996. The molecule has 0 radical (unpaired) electrons. The number of nitrogens with one attached hydrogen (secondary N) is 1. The molecule has 0 aliphatic rings. The van der Waals surface area contributed by atoms with Crippen molar-refractivity contribution in [3.8, 4) is 0 Å². The van der Waals surface area contributed by atoms with Crippen molar-refractivity contribution in [1.82, 2.24) is 20.1 Å². The van der Waals surface area contributed by atoms with E-state index in [2.05, 4.69) is 22.3 Å². The second-order valence-corrected chi connectivity index (χ2v) is 3.61. The highest BCUT2D eigenvalue weighted by Crippen LogP contribution is 1.95. The maximum atomic E-state index is 5.16. The molecule has 5 nitrogen and oxygen atoms in total. The normalized spacial score (nSPS) is 13.0. The predicted molar refractivity (Wildman–Crippen MR) is 58.5 cm³/mol. The van der Waals surface area contributed by atoms with Crippen molar-refractivity contribution in [3.05, 3.63) is 12.2 Å². The smallest absolute Gasteiger partial charge is 0.164 e. The number of nitrogens with zero attached hydrogens (tertiary/aromatic N) is 3. The van der Waals surface area contributed by atoms with Crippen LogP contribution in [0.2, 0.25) is 0 Å². The van der Waals surface area contributed by atoms with Gasteiger partial charge in [-0.15, -0.1) is 0 Å². The molecule has 0 bridgehead atoms. The molecule has 5 heteroatoms. The minimum Gasteiger partial charge on any atom is -0.380 e. The van der Waals surface area contributed by atoms with Gasteiger partial charge in [0.25, 0.3) is 0 Å². The summed E-state index contributed by atoms with van der Waals surface area (Å²) >= 11 is 0. The first-order valence-electron chi connectivity index (χ1n) is 5.38. The zero-order valence-electron chi connectivity index (χ0n) is 9.73. The van der Waals surface area contributed by atoms with Crippen molar-refractivity contribution in [2.75, 3.05) is 13.7 Å². The van der Waals surface area contributed by atoms with E-state index >= 15 is 0 Å². The van der Waals surface area contributed by atoms with Crippen molar-refractivity contribution in [2.45, 2.75) is 39.5 Å². The van der Waals surface area contributed by atoms with Gasteiger partial charge in [-0.05, 0) is 19.9 Å². The Labute approximate surface area is 90.8 Å². The van der Waals surface area contributed by atoms with Crippen LogP contribution >= 0.6 is 0 Å². The summed E-state index contributed by atoms with van der Waals surface area (Å²) in [4.78, 5) is 4.21. The van der Waals surface area contributed by atoms with Crippen LogP contribution in [0.5, 0.6) is 0 Å². The van der Waals surface area contributed by atoms with Gasteiger partial charge in [0, 0.05) is 7.11 Å². The van der Waals surface area contributed by atoms with E-state index in [0.29, 0.717) is 0 Å². The highest BCUT2D eigenvalue weighted by Gasteiger charge is 2.04. The highest BCUT2D eigenvalue weighted by atomic mass is 16.5. The molecule has 1 heterocycles. The van der Waals surface area contributed by atoms with Gasteiger partial charge in [0.2, 0.25) is 0 Å². The van der Waals surface area contributed by atoms with Gasteiger partial charge >= 0.3 is 0 Å². The van der Waals surface area contributed by atoms with E-state index in [0.717, 1.165) is 31.9 Å². The minimum absolute atomic E-state index is 0.170. The molecule has 1 aromatic heterocycles. The number of hydrogen-bond acceptors (Lipinski definition) is 4. The molecule has 0 aliphatic carbocycles. The summed E-state index contributed by atoms with van der Waals surface area (Å²) in [5, 5.41) is 7.60. The predicted octanol–water partition coefficient (Wildman–Crippen LogP) is 0.813. The van der Waals surface area contributed by atoms with E-state index < -0.39 is 0 Å². The van der Waals surface area contributed by atoms with Crippen molar-refractivity contribution in [2.24, 2.45) is 0 Å². The zero-order chi connectivity index (χ0) is 11.1. The van der Waals surface area contributed by atoms with Crippen LogP contribution in [0.1, 0.15) is 26.1 Å². The van der Waals surface area contributed by atoms with Gasteiger partial charge in [-0.3, -0.25) is 4.68 Å². The van der Waals surface area contributed by atoms with Crippen LogP contribution in [0.3, 0.4) is 0 Å². The van der Waals surface area contributed by atoms with E-state index in [1.165, 1.54) is 0 Å². The molecule has 1 atom stereocenters. The summed E-state index contributed by atoms with van der Waals surface area (Å²) in [6, 6.07) is 0. The molecule has 0 saturated carbocycles. The second kappa shape index (κ2) is 6.53. The van der Waals surface area contributed by atoms with E-state index in [1.807, 2.05) is 11.6 Å². The molecule has 1 rings (SSSR count). The fraction of sp³-hybridized carbons (Fsp3) is 0.800. The molecule has 1 N–H and O–H groups in total. The summed E-state index contributed by atoms with van der Waals surface area (Å²) in [5.74, 6) is 0.840. The molecule has 1 aromatic rings. The van der Waals surface area contributed by atoms with Crippen molar-refractivity contribution < 1.29 is 4.74 Å². The number of rotatable bonds is 7. The fourth-order valence-electron chi connectivity index (χ4n) is 1.22. The van der Waals surface area contributed by atoms with Gasteiger partial charge in [-0.1, -0.05) is 6.92 Å². The quantitative estimate of drug-likeness (QED) is 0.680. The number of hydrogen-bond donors (Lipinski definition) is 1. The first-order valence-corrected chi connectivity index (χ1v) is 5.38. The molecule has 15 heavy (non-hydrogen) atoms. The molecule has 0 spiro atoms. The molecule has 1 unspecified atom stereocenters. The van der Waals surface area contributed by atoms with Crippen LogP contribution in [0.25, 0.3) is 0 Å². The van der Waals surface area contributed by atoms with Crippen LogP contribution in [-0.2, 0) is 17.8 Å². The fourth-order valence-corrected chi connectivity index (χ4v) is 1.22. The molecule has 0 saturated heterocycles. The average Bonchev–Trinajstić information content (AvgIpc) is 2.66. The Morgan fingerprint density at radius 2 is 2.40 bits per heavy atom. The summed E-state index contributed by atoms with van der Waals surface area (Å²) in [7, 11) is 1.70. The monoisotopic (exact) mass is 212 g/mol. The van der Waals surface area contributed by atoms with E-state index in [-0.39, 0.29) is 6.10 Å². The first-order chi connectivity index (χ1) is 7.26. The Balaban J connectivity index is 2.35. The van der Waals surface area contributed by atoms with E-state index in [1.54, 1.807) is 13.4 Å². The number of methoxy groups -OCH3 is 1. The van der Waals surface area contributed by atoms with Crippen molar-refractivity contribution in [3.63, 3.8) is 0 Å². The lowest BCUT2D eigenvalue weighted by Gasteiger charge is -2.07. The number of aromatic nitrogens is 3. The molecule has 0 fully saturated rings. The molecule has 0 aliphatic heterocycles. The molecule has 0 aromatic carbocycles. The molecular formula is C10H20N4O. The Morgan fingerprint density at radius 3 is 3.07 bits per heavy atom. The largest absolute Gasteiger partial charge is 0.380 e. The summed E-state index contributed by atoms with van der Waals surface area (Å²) < 4.78 is 6.97. The lowest BCUT2D eigenvalue weighted by Crippen LogP contribution is -2.17. The van der Waals surface area contributed by atoms with Crippen LogP contribution in [-0.4, -0.2) is 34.5 Å². The van der Waals surface area contributed by atoms with Gasteiger partial charge in [0.05, 0.1) is 19.2 Å². The second-order valence-electron chi connectivity index (χ2n) is 3.61. The van der Waals surface area contributed by atoms with Gasteiger partial charge in [0.1, 0.15) is 6.33 Å². The Morgan fingerprint density at radius 1 is 1.60 bits per heavy atom. The summed E-state index contributed by atoms with van der Waals surface area (Å²) in [6.45, 7) is 6.64. The average molecular weight is 212 g/mol. The van der Waals surface area contributed by atoms with Crippen LogP contribution in [0.4, 0.5) is 0 Å².